The van der Waals surface area contributed by atoms with E-state index in [0.717, 1.165) is 27.0 Å². The number of halogens is 2. The van der Waals surface area contributed by atoms with Gasteiger partial charge < -0.3 is 35.7 Å². The number of hydrogen-bond acceptors (Lipinski definition) is 9. The quantitative estimate of drug-likeness (QED) is 0.128. The van der Waals surface area contributed by atoms with E-state index in [1.165, 1.54) is 30.3 Å². The van der Waals surface area contributed by atoms with Crippen LogP contribution in [0.5, 0.6) is 11.5 Å². The summed E-state index contributed by atoms with van der Waals surface area (Å²) in [7, 11) is 1.00. The van der Waals surface area contributed by atoms with Gasteiger partial charge in [-0.3, -0.25) is 24.0 Å². The molecule has 0 aliphatic heterocycles. The molecule has 2 aromatic rings. The zero-order valence-electron chi connectivity index (χ0n) is 21.1. The van der Waals surface area contributed by atoms with Gasteiger partial charge in [-0.25, -0.2) is 4.79 Å². The Hall–Kier alpha value is -3.61. The van der Waals surface area contributed by atoms with E-state index in [2.05, 4.69) is 15.9 Å². The van der Waals surface area contributed by atoms with Gasteiger partial charge in [0.1, 0.15) is 11.5 Å². The fourth-order valence-electron chi connectivity index (χ4n) is 1.96. The van der Waals surface area contributed by atoms with Gasteiger partial charge in [-0.1, -0.05) is 22.0 Å². The van der Waals surface area contributed by atoms with E-state index in [1.54, 1.807) is 6.07 Å². The van der Waals surface area contributed by atoms with Crippen LogP contribution in [0.25, 0.3) is 6.08 Å². The molecule has 0 bridgehead atoms. The molecule has 0 amide bonds. The van der Waals surface area contributed by atoms with Gasteiger partial charge in [-0.2, -0.15) is 0 Å². The van der Waals surface area contributed by atoms with Gasteiger partial charge in [0.2, 0.25) is 0 Å². The van der Waals surface area contributed by atoms with Gasteiger partial charge in [0.05, 0.1) is 6.42 Å². The molecule has 0 saturated carbocycles. The number of carbonyl (C=O) groups is 6. The third kappa shape index (κ3) is 26.0. The number of hydrogen-bond donors (Lipinski definition) is 7. The van der Waals surface area contributed by atoms with Crippen LogP contribution >= 0.6 is 28.3 Å². The average molecular weight is 746 g/mol. The van der Waals surface area contributed by atoms with Gasteiger partial charge in [0.25, 0.3) is 11.9 Å². The fourth-order valence-corrected chi connectivity index (χ4v) is 2.30. The molecule has 0 fully saturated rings. The van der Waals surface area contributed by atoms with Crippen molar-refractivity contribution in [3.8, 4) is 11.5 Å². The number of phenols is 2. The molecule has 0 aliphatic carbocycles. The largest absolute Gasteiger partial charge is 0.508 e. The predicted octanol–water partition coefficient (Wildman–Crippen LogP) is 3.32. The number of aliphatic carboxylic acids is 4. The van der Waals surface area contributed by atoms with Gasteiger partial charge in [-0.05, 0) is 42.0 Å². The Kier molecular flexibility index (Phi) is 31.2. The number of aromatic hydroxyl groups is 2. The van der Waals surface area contributed by atoms with E-state index in [4.69, 9.17) is 45.3 Å². The minimum Gasteiger partial charge on any atom is -0.508 e. The molecule has 0 radical (unpaired) electrons. The van der Waals surface area contributed by atoms with Crippen LogP contribution in [0.4, 0.5) is 0 Å². The summed E-state index contributed by atoms with van der Waals surface area (Å²) < 4.78 is 0.695. The van der Waals surface area contributed by atoms with Crippen molar-refractivity contribution in [1.82, 2.24) is 0 Å². The maximum absolute atomic E-state index is 10.8. The van der Waals surface area contributed by atoms with E-state index in [0.29, 0.717) is 22.6 Å². The maximum atomic E-state index is 10.8. The molecule has 16 heteroatoms. The molecule has 0 spiro atoms. The van der Waals surface area contributed by atoms with Crippen molar-refractivity contribution in [3.05, 3.63) is 63.1 Å². The summed E-state index contributed by atoms with van der Waals surface area (Å²) in [4.78, 5) is 60.3. The SMILES string of the molecule is CC(=O)O.CC(=O)O.CO.Cl.O=Cc1cc(O)ccc1/C=C(/CC(=O)O)C(=O)O.O=Cc1cc(O)ccc1Br.[Pd]. The van der Waals surface area contributed by atoms with Crippen LogP contribution in [0.1, 0.15) is 46.5 Å². The van der Waals surface area contributed by atoms with Crippen LogP contribution in [0.15, 0.2) is 46.4 Å². The van der Waals surface area contributed by atoms with E-state index in [1.807, 2.05) is 0 Å². The third-order valence-electron chi connectivity index (χ3n) is 3.25. The summed E-state index contributed by atoms with van der Waals surface area (Å²) in [6, 6.07) is 8.31. The van der Waals surface area contributed by atoms with Crippen molar-refractivity contribution in [2.24, 2.45) is 0 Å². The Bertz CT molecular complexity index is 1120. The second kappa shape index (κ2) is 27.0. The first-order chi connectivity index (χ1) is 17.6. The molecular weight excluding hydrogens is 718 g/mol. The first-order valence-electron chi connectivity index (χ1n) is 9.85. The van der Waals surface area contributed by atoms with E-state index in [9.17, 15) is 19.2 Å². The summed E-state index contributed by atoms with van der Waals surface area (Å²) in [5, 5.41) is 57.3. The van der Waals surface area contributed by atoms with Crippen molar-refractivity contribution in [3.63, 3.8) is 0 Å². The first-order valence-corrected chi connectivity index (χ1v) is 10.6. The molecule has 0 atom stereocenters. The maximum Gasteiger partial charge on any atom is 0.332 e. The first kappa shape index (κ1) is 46.3. The molecule has 0 saturated heterocycles. The topological polar surface area (TPSA) is 244 Å². The summed E-state index contributed by atoms with van der Waals surface area (Å²) >= 11 is 3.15. The molecule has 7 N–H and O–H groups in total. The number of carboxylic acid groups (broad SMARTS) is 4. The minimum absolute atomic E-state index is 0. The number of carbonyl (C=O) groups excluding carboxylic acids is 2. The molecule has 13 nitrogen and oxygen atoms in total. The Labute approximate surface area is 257 Å². The molecule has 40 heavy (non-hydrogen) atoms. The molecule has 0 unspecified atom stereocenters. The molecule has 0 heterocycles. The van der Waals surface area contributed by atoms with Gasteiger partial charge in [-0.15, -0.1) is 12.4 Å². The summed E-state index contributed by atoms with van der Waals surface area (Å²) in [5.41, 5.74) is 0.428. The molecule has 2 rings (SSSR count). The van der Waals surface area contributed by atoms with Crippen molar-refractivity contribution >= 4 is 70.9 Å². The van der Waals surface area contributed by atoms with Gasteiger partial charge >= 0.3 is 11.9 Å². The Morgan fingerprint density at radius 1 is 0.750 bits per heavy atom. The van der Waals surface area contributed by atoms with Crippen LogP contribution < -0.4 is 0 Å². The number of aldehydes is 2. The van der Waals surface area contributed by atoms with Crippen LogP contribution in [0.3, 0.4) is 0 Å². The third-order valence-corrected chi connectivity index (χ3v) is 3.97. The second-order valence-electron chi connectivity index (χ2n) is 6.34. The minimum atomic E-state index is -1.37. The second-order valence-corrected chi connectivity index (χ2v) is 7.19. The fraction of sp³-hybridized carbons (Fsp3) is 0.167. The summed E-state index contributed by atoms with van der Waals surface area (Å²) in [5.74, 6) is -4.35. The van der Waals surface area contributed by atoms with Crippen molar-refractivity contribution < 1.29 is 84.9 Å². The summed E-state index contributed by atoms with van der Waals surface area (Å²) in [6.45, 7) is 2.17. The Morgan fingerprint density at radius 2 is 1.12 bits per heavy atom. The van der Waals surface area contributed by atoms with E-state index in [-0.39, 0.29) is 61.0 Å². The zero-order valence-corrected chi connectivity index (χ0v) is 25.0. The van der Waals surface area contributed by atoms with Gasteiger partial charge in [0, 0.05) is 62.6 Å². The van der Waals surface area contributed by atoms with Crippen LogP contribution in [-0.4, -0.2) is 79.3 Å². The summed E-state index contributed by atoms with van der Waals surface area (Å²) in [6.07, 6.45) is 1.57. The molecule has 0 aromatic heterocycles. The van der Waals surface area contributed by atoms with E-state index < -0.39 is 30.3 Å². The van der Waals surface area contributed by atoms with Crippen molar-refractivity contribution in [2.75, 3.05) is 7.11 Å². The number of aliphatic hydroxyl groups excluding tert-OH is 1. The van der Waals surface area contributed by atoms with Crippen LogP contribution in [0, 0.1) is 0 Å². The number of carboxylic acids is 4. The molecule has 2 aromatic carbocycles. The standard InChI is InChI=1S/C12H10O6.C7H5BrO2.2C2H4O2.CH4O.ClH.Pd/c13-6-9-4-10(14)2-1-7(9)3-8(12(17)18)5-11(15)16;8-7-2-1-6(10)3-5(7)4-9;2*1-2(3)4;1-2;;/h1-4,6,14H,5H2,(H,15,16)(H,17,18);1-4,10H;2*1H3,(H,3,4);2H,1H3;1H;/b8-3-;;;;;;. The van der Waals surface area contributed by atoms with Crippen molar-refractivity contribution in [1.29, 1.82) is 0 Å². The Balaban J connectivity index is -0.000000157. The van der Waals surface area contributed by atoms with Gasteiger partial charge in [0.15, 0.2) is 12.6 Å². The number of rotatable bonds is 6. The van der Waals surface area contributed by atoms with Crippen LogP contribution in [0.2, 0.25) is 0 Å². The van der Waals surface area contributed by atoms with Crippen LogP contribution in [-0.2, 0) is 39.6 Å². The number of phenolic OH excluding ortho intramolecular Hbond substituents is 2. The Morgan fingerprint density at radius 3 is 1.45 bits per heavy atom. The predicted molar refractivity (Wildman–Crippen MR) is 145 cm³/mol. The average Bonchev–Trinajstić information content (AvgIpc) is 2.81. The van der Waals surface area contributed by atoms with Crippen molar-refractivity contribution in [2.45, 2.75) is 20.3 Å². The number of aliphatic hydroxyl groups is 1. The smallest absolute Gasteiger partial charge is 0.332 e. The molecule has 226 valence electrons. The van der Waals surface area contributed by atoms with E-state index >= 15 is 0 Å². The zero-order chi connectivity index (χ0) is 30.4. The molecular formula is C24H28BrClO13Pd. The molecule has 0 aliphatic rings. The normalized spacial score (nSPS) is 8.68. The number of benzene rings is 2. The monoisotopic (exact) mass is 744 g/mol.